The largest absolute Gasteiger partial charge is 0.485 e. The molecule has 36 heavy (non-hydrogen) atoms. The van der Waals surface area contributed by atoms with Gasteiger partial charge < -0.3 is 24.5 Å². The molecule has 1 fully saturated rings. The summed E-state index contributed by atoms with van der Waals surface area (Å²) >= 11 is 0. The summed E-state index contributed by atoms with van der Waals surface area (Å²) in [4.78, 5) is 31.4. The number of rotatable bonds is 7. The van der Waals surface area contributed by atoms with E-state index in [0.29, 0.717) is 28.6 Å². The molecule has 188 valence electrons. The number of aromatic nitrogens is 1. The van der Waals surface area contributed by atoms with Crippen LogP contribution in [0, 0.1) is 6.92 Å². The number of nitrogens with zero attached hydrogens (tertiary/aromatic N) is 1. The first-order valence-corrected chi connectivity index (χ1v) is 12.5. The molecule has 1 aromatic carbocycles. The highest BCUT2D eigenvalue weighted by Gasteiger charge is 2.38. The Morgan fingerprint density at radius 3 is 2.53 bits per heavy atom. The van der Waals surface area contributed by atoms with Crippen molar-refractivity contribution < 1.29 is 23.5 Å². The molecule has 3 atom stereocenters. The molecule has 3 aromatic rings. The Morgan fingerprint density at radius 1 is 1.00 bits per heavy atom. The van der Waals surface area contributed by atoms with Gasteiger partial charge in [0.05, 0.1) is 6.04 Å². The zero-order valence-corrected chi connectivity index (χ0v) is 20.3. The second-order valence-electron chi connectivity index (χ2n) is 9.41. The lowest BCUT2D eigenvalue weighted by molar-refractivity contribution is -0.132. The molecule has 0 spiro atoms. The average Bonchev–Trinajstić information content (AvgIpc) is 3.34. The van der Waals surface area contributed by atoms with Crippen LogP contribution in [0.3, 0.4) is 0 Å². The van der Waals surface area contributed by atoms with Crippen molar-refractivity contribution in [1.29, 1.82) is 0 Å². The van der Waals surface area contributed by atoms with Crippen LogP contribution in [0.2, 0.25) is 0 Å². The summed E-state index contributed by atoms with van der Waals surface area (Å²) in [7, 11) is 0. The molecule has 2 amide bonds. The molecule has 5 rings (SSSR count). The van der Waals surface area contributed by atoms with Gasteiger partial charge in [0, 0.05) is 18.4 Å². The first-order valence-electron chi connectivity index (χ1n) is 12.5. The second kappa shape index (κ2) is 10.8. The van der Waals surface area contributed by atoms with Crippen LogP contribution in [0.25, 0.3) is 0 Å². The number of aryl methyl sites for hydroxylation is 1. The highest BCUT2D eigenvalue weighted by atomic mass is 16.6. The second-order valence-corrected chi connectivity index (χ2v) is 9.41. The molecular formula is C28H31N3O5. The first kappa shape index (κ1) is 23.9. The molecule has 1 aliphatic carbocycles. The lowest BCUT2D eigenvalue weighted by atomic mass is 9.89. The van der Waals surface area contributed by atoms with Gasteiger partial charge in [0.2, 0.25) is 12.0 Å². The van der Waals surface area contributed by atoms with Crippen molar-refractivity contribution in [3.63, 3.8) is 0 Å². The van der Waals surface area contributed by atoms with Gasteiger partial charge in [0.1, 0.15) is 24.0 Å². The fraction of sp³-hybridized carbons (Fsp3) is 0.393. The van der Waals surface area contributed by atoms with Crippen LogP contribution >= 0.6 is 0 Å². The van der Waals surface area contributed by atoms with Gasteiger partial charge in [-0.15, -0.1) is 0 Å². The summed E-state index contributed by atoms with van der Waals surface area (Å²) in [6.45, 7) is 1.91. The lowest BCUT2D eigenvalue weighted by Gasteiger charge is -2.31. The fourth-order valence-electron chi connectivity index (χ4n) is 4.92. The minimum Gasteiger partial charge on any atom is -0.485 e. The molecule has 0 saturated heterocycles. The van der Waals surface area contributed by atoms with Crippen LogP contribution in [-0.2, 0) is 9.59 Å². The summed E-state index contributed by atoms with van der Waals surface area (Å²) in [6, 6.07) is 13.9. The summed E-state index contributed by atoms with van der Waals surface area (Å²) in [5.74, 6) is 0.939. The number of carbonyl (C=O) groups excluding carboxylic acids is 2. The van der Waals surface area contributed by atoms with Gasteiger partial charge in [-0.05, 0) is 55.7 Å². The molecule has 1 aliphatic heterocycles. The van der Waals surface area contributed by atoms with Gasteiger partial charge in [-0.25, -0.2) is 0 Å². The number of fused-ring (bicyclic) bond motifs is 1. The molecule has 2 aromatic heterocycles. The Kier molecular flexibility index (Phi) is 7.21. The Hall–Kier alpha value is -3.81. The van der Waals surface area contributed by atoms with E-state index in [1.807, 2.05) is 31.2 Å². The van der Waals surface area contributed by atoms with Gasteiger partial charge >= 0.3 is 0 Å². The highest BCUT2D eigenvalue weighted by Crippen LogP contribution is 2.35. The summed E-state index contributed by atoms with van der Waals surface area (Å²) in [6.07, 6.45) is 7.74. The van der Waals surface area contributed by atoms with Crippen LogP contribution < -0.4 is 20.1 Å². The number of hydrogen-bond acceptors (Lipinski definition) is 6. The van der Waals surface area contributed by atoms with Crippen molar-refractivity contribution in [2.24, 2.45) is 0 Å². The number of amides is 2. The fourth-order valence-corrected chi connectivity index (χ4v) is 4.92. The maximum atomic E-state index is 13.8. The van der Waals surface area contributed by atoms with E-state index >= 15 is 0 Å². The monoisotopic (exact) mass is 489 g/mol. The third kappa shape index (κ3) is 5.37. The first-order chi connectivity index (χ1) is 17.6. The lowest BCUT2D eigenvalue weighted by Crippen LogP contribution is -2.49. The summed E-state index contributed by atoms with van der Waals surface area (Å²) in [5.41, 5.74) is 0.695. The van der Waals surface area contributed by atoms with Crippen molar-refractivity contribution in [1.82, 2.24) is 15.6 Å². The standard InChI is InChI=1S/C28H31N3O5/c1-18-13-14-23(35-18)25(28(33)30-20-9-3-2-4-10-20)26(19-8-7-15-29-16-19)31-27(32)24-17-34-21-11-5-6-12-22(21)36-24/h5-8,11-16,20,24-26H,2-4,9-10,17H2,1H3,(H,30,33)(H,31,32). The molecule has 0 bridgehead atoms. The molecule has 1 saturated carbocycles. The number of benzene rings is 1. The number of pyridine rings is 1. The predicted molar refractivity (Wildman–Crippen MR) is 133 cm³/mol. The molecule has 0 radical (unpaired) electrons. The van der Waals surface area contributed by atoms with E-state index in [0.717, 1.165) is 25.7 Å². The summed E-state index contributed by atoms with van der Waals surface area (Å²) in [5, 5.41) is 6.27. The maximum absolute atomic E-state index is 13.8. The SMILES string of the molecule is Cc1ccc(C(C(=O)NC2CCCCC2)C(NC(=O)C2COc3ccccc3O2)c2cccnc2)o1. The molecule has 2 N–H and O–H groups in total. The Labute approximate surface area is 210 Å². The number of nitrogens with one attached hydrogen (secondary N) is 2. The van der Waals surface area contributed by atoms with E-state index in [-0.39, 0.29) is 24.5 Å². The van der Waals surface area contributed by atoms with E-state index in [1.54, 1.807) is 36.7 Å². The molecule has 3 heterocycles. The Balaban J connectivity index is 1.43. The van der Waals surface area contributed by atoms with Crippen LogP contribution in [0.15, 0.2) is 65.3 Å². The minimum absolute atomic E-state index is 0.0708. The van der Waals surface area contributed by atoms with Crippen molar-refractivity contribution in [3.8, 4) is 11.5 Å². The minimum atomic E-state index is -0.862. The quantitative estimate of drug-likeness (QED) is 0.515. The van der Waals surface area contributed by atoms with Crippen LogP contribution in [0.1, 0.15) is 61.1 Å². The van der Waals surface area contributed by atoms with Crippen molar-refractivity contribution in [3.05, 3.63) is 78.0 Å². The van der Waals surface area contributed by atoms with Gasteiger partial charge in [0.15, 0.2) is 11.5 Å². The number of carbonyl (C=O) groups is 2. The normalized spacial score (nSPS) is 19.2. The highest BCUT2D eigenvalue weighted by molar-refractivity contribution is 5.87. The van der Waals surface area contributed by atoms with Crippen LogP contribution in [0.4, 0.5) is 0 Å². The smallest absolute Gasteiger partial charge is 0.265 e. The summed E-state index contributed by atoms with van der Waals surface area (Å²) < 4.78 is 17.6. The third-order valence-corrected chi connectivity index (χ3v) is 6.78. The van der Waals surface area contributed by atoms with E-state index in [1.165, 1.54) is 6.42 Å². The molecule has 2 aliphatic rings. The molecule has 8 heteroatoms. The zero-order valence-electron chi connectivity index (χ0n) is 20.3. The van der Waals surface area contributed by atoms with Gasteiger partial charge in [-0.3, -0.25) is 14.6 Å². The average molecular weight is 490 g/mol. The van der Waals surface area contributed by atoms with Gasteiger partial charge in [-0.1, -0.05) is 37.5 Å². The van der Waals surface area contributed by atoms with E-state index in [2.05, 4.69) is 15.6 Å². The number of para-hydroxylation sites is 2. The van der Waals surface area contributed by atoms with Gasteiger partial charge in [-0.2, -0.15) is 0 Å². The Bertz CT molecular complexity index is 1190. The van der Waals surface area contributed by atoms with Crippen molar-refractivity contribution in [2.45, 2.75) is 63.1 Å². The predicted octanol–water partition coefficient (Wildman–Crippen LogP) is 4.21. The molecule has 8 nitrogen and oxygen atoms in total. The maximum Gasteiger partial charge on any atom is 0.265 e. The number of furan rings is 1. The van der Waals surface area contributed by atoms with E-state index in [9.17, 15) is 9.59 Å². The number of hydrogen-bond donors (Lipinski definition) is 2. The number of ether oxygens (including phenoxy) is 2. The zero-order chi connectivity index (χ0) is 24.9. The Morgan fingerprint density at radius 2 is 1.81 bits per heavy atom. The third-order valence-electron chi connectivity index (χ3n) is 6.78. The van der Waals surface area contributed by atoms with Crippen molar-refractivity contribution >= 4 is 11.8 Å². The topological polar surface area (TPSA) is 103 Å². The van der Waals surface area contributed by atoms with E-state index < -0.39 is 18.1 Å². The molecule has 3 unspecified atom stereocenters. The van der Waals surface area contributed by atoms with Crippen LogP contribution in [0.5, 0.6) is 11.5 Å². The van der Waals surface area contributed by atoms with Crippen LogP contribution in [-0.4, -0.2) is 35.6 Å². The van der Waals surface area contributed by atoms with Gasteiger partial charge in [0.25, 0.3) is 5.91 Å². The van der Waals surface area contributed by atoms with Crippen molar-refractivity contribution in [2.75, 3.05) is 6.61 Å². The van der Waals surface area contributed by atoms with E-state index in [4.69, 9.17) is 13.9 Å². The molecular weight excluding hydrogens is 458 g/mol.